The Kier molecular flexibility index (Phi) is 4.21. The number of carbonyl (C=O) groups excluding carboxylic acids is 1. The van der Waals surface area contributed by atoms with Crippen LogP contribution in [-0.4, -0.2) is 27.2 Å². The average molecular weight is 319 g/mol. The Hall–Kier alpha value is -3.66. The molecule has 0 aliphatic rings. The Morgan fingerprint density at radius 1 is 1.38 bits per heavy atom. The van der Waals surface area contributed by atoms with E-state index in [4.69, 9.17) is 5.26 Å². The minimum Gasteiger partial charge on any atom is -0.507 e. The SMILES string of the molecule is N#Cc1ccc(O)c(/C=N/NC(=O)Cc2ccc3nc[nH]c3c2)c1. The number of carbonyl (C=O) groups is 1. The standard InChI is InChI=1S/C17H13N5O2/c18-8-12-2-4-16(23)13(5-12)9-21-22-17(24)7-11-1-3-14-15(6-11)20-10-19-14/h1-6,9-10,23H,7H2,(H,19,20)(H,22,24)/b21-9+. The Balaban J connectivity index is 1.64. The topological polar surface area (TPSA) is 114 Å². The lowest BCUT2D eigenvalue weighted by Gasteiger charge is -2.02. The molecule has 7 nitrogen and oxygen atoms in total. The molecule has 0 saturated heterocycles. The zero-order valence-corrected chi connectivity index (χ0v) is 12.5. The van der Waals surface area contributed by atoms with Crippen LogP contribution in [0.5, 0.6) is 5.75 Å². The van der Waals surface area contributed by atoms with Crippen molar-refractivity contribution in [1.82, 2.24) is 15.4 Å². The summed E-state index contributed by atoms with van der Waals surface area (Å²) in [5, 5.41) is 22.3. The molecule has 3 aromatic rings. The largest absolute Gasteiger partial charge is 0.507 e. The average Bonchev–Trinajstić information content (AvgIpc) is 3.04. The molecule has 1 heterocycles. The molecular formula is C17H13N5O2. The predicted molar refractivity (Wildman–Crippen MR) is 88.4 cm³/mol. The van der Waals surface area contributed by atoms with Gasteiger partial charge >= 0.3 is 0 Å². The van der Waals surface area contributed by atoms with Crippen LogP contribution in [0.25, 0.3) is 11.0 Å². The Morgan fingerprint density at radius 2 is 2.25 bits per heavy atom. The van der Waals surface area contributed by atoms with Crippen molar-refractivity contribution in [3.63, 3.8) is 0 Å². The summed E-state index contributed by atoms with van der Waals surface area (Å²) >= 11 is 0. The van der Waals surface area contributed by atoms with Gasteiger partial charge in [-0.3, -0.25) is 4.79 Å². The van der Waals surface area contributed by atoms with Crippen LogP contribution >= 0.6 is 0 Å². The van der Waals surface area contributed by atoms with Gasteiger partial charge in [0.25, 0.3) is 0 Å². The third kappa shape index (κ3) is 3.39. The fourth-order valence-corrected chi connectivity index (χ4v) is 2.22. The molecule has 1 aromatic heterocycles. The number of aromatic nitrogens is 2. The molecule has 2 aromatic carbocycles. The van der Waals surface area contributed by atoms with Gasteiger partial charge in [0.05, 0.1) is 41.6 Å². The first kappa shape index (κ1) is 15.2. The van der Waals surface area contributed by atoms with Gasteiger partial charge in [-0.05, 0) is 35.9 Å². The molecule has 0 spiro atoms. The summed E-state index contributed by atoms with van der Waals surface area (Å²) in [6, 6.07) is 11.9. The molecule has 3 N–H and O–H groups in total. The lowest BCUT2D eigenvalue weighted by Crippen LogP contribution is -2.19. The summed E-state index contributed by atoms with van der Waals surface area (Å²) in [6.45, 7) is 0. The molecule has 0 saturated carbocycles. The number of aromatic amines is 1. The maximum absolute atomic E-state index is 11.9. The van der Waals surface area contributed by atoms with E-state index in [0.29, 0.717) is 11.1 Å². The number of hydrazone groups is 1. The van der Waals surface area contributed by atoms with Gasteiger partial charge in [-0.25, -0.2) is 10.4 Å². The number of hydrogen-bond donors (Lipinski definition) is 3. The van der Waals surface area contributed by atoms with E-state index in [0.717, 1.165) is 16.6 Å². The third-order valence-electron chi connectivity index (χ3n) is 3.40. The molecule has 0 radical (unpaired) electrons. The van der Waals surface area contributed by atoms with E-state index < -0.39 is 0 Å². The molecule has 24 heavy (non-hydrogen) atoms. The van der Waals surface area contributed by atoms with E-state index in [9.17, 15) is 9.90 Å². The number of rotatable bonds is 4. The van der Waals surface area contributed by atoms with Gasteiger partial charge in [-0.1, -0.05) is 6.07 Å². The zero-order chi connectivity index (χ0) is 16.9. The number of nitrogens with one attached hydrogen (secondary N) is 2. The van der Waals surface area contributed by atoms with Crippen LogP contribution in [-0.2, 0) is 11.2 Å². The van der Waals surface area contributed by atoms with E-state index in [2.05, 4.69) is 20.5 Å². The van der Waals surface area contributed by atoms with Crippen molar-refractivity contribution in [3.8, 4) is 11.8 Å². The van der Waals surface area contributed by atoms with Gasteiger partial charge in [-0.2, -0.15) is 10.4 Å². The first-order chi connectivity index (χ1) is 11.7. The number of aromatic hydroxyl groups is 1. The van der Waals surface area contributed by atoms with Crippen molar-refractivity contribution in [2.24, 2.45) is 5.10 Å². The second-order valence-corrected chi connectivity index (χ2v) is 5.11. The number of hydrogen-bond acceptors (Lipinski definition) is 5. The van der Waals surface area contributed by atoms with Crippen molar-refractivity contribution >= 4 is 23.2 Å². The maximum atomic E-state index is 11.9. The minimum absolute atomic E-state index is 0.0169. The maximum Gasteiger partial charge on any atom is 0.244 e. The summed E-state index contributed by atoms with van der Waals surface area (Å²) in [4.78, 5) is 19.0. The smallest absolute Gasteiger partial charge is 0.244 e. The van der Waals surface area contributed by atoms with Crippen LogP contribution in [0.1, 0.15) is 16.7 Å². The molecule has 1 amide bonds. The van der Waals surface area contributed by atoms with Crippen molar-refractivity contribution in [2.75, 3.05) is 0 Å². The summed E-state index contributed by atoms with van der Waals surface area (Å²) in [5.41, 5.74) is 5.68. The Labute approximate surface area is 137 Å². The highest BCUT2D eigenvalue weighted by atomic mass is 16.3. The zero-order valence-electron chi connectivity index (χ0n) is 12.5. The van der Waals surface area contributed by atoms with Crippen LogP contribution in [0.3, 0.4) is 0 Å². The molecule has 0 unspecified atom stereocenters. The van der Waals surface area contributed by atoms with Crippen LogP contribution in [0, 0.1) is 11.3 Å². The molecule has 118 valence electrons. The molecule has 0 aliphatic heterocycles. The highest BCUT2D eigenvalue weighted by molar-refractivity contribution is 5.86. The molecule has 0 bridgehead atoms. The first-order valence-corrected chi connectivity index (χ1v) is 7.13. The number of fused-ring (bicyclic) bond motifs is 1. The van der Waals surface area contributed by atoms with Gasteiger partial charge in [-0.15, -0.1) is 0 Å². The molecule has 0 fully saturated rings. The van der Waals surface area contributed by atoms with Crippen LogP contribution in [0.4, 0.5) is 0 Å². The van der Waals surface area contributed by atoms with Crippen LogP contribution in [0.2, 0.25) is 0 Å². The van der Waals surface area contributed by atoms with E-state index in [-0.39, 0.29) is 18.1 Å². The van der Waals surface area contributed by atoms with E-state index >= 15 is 0 Å². The second kappa shape index (κ2) is 6.62. The highest BCUT2D eigenvalue weighted by Crippen LogP contribution is 2.16. The normalized spacial score (nSPS) is 10.8. The van der Waals surface area contributed by atoms with E-state index in [1.165, 1.54) is 24.4 Å². The summed E-state index contributed by atoms with van der Waals surface area (Å²) in [5.74, 6) is -0.308. The molecular weight excluding hydrogens is 306 g/mol. The number of benzene rings is 2. The third-order valence-corrected chi connectivity index (χ3v) is 3.40. The summed E-state index contributed by atoms with van der Waals surface area (Å²) in [7, 11) is 0. The highest BCUT2D eigenvalue weighted by Gasteiger charge is 2.05. The predicted octanol–water partition coefficient (Wildman–Crippen LogP) is 1.83. The number of amides is 1. The number of phenols is 1. The number of nitrogens with zero attached hydrogens (tertiary/aromatic N) is 3. The fraction of sp³-hybridized carbons (Fsp3) is 0.0588. The molecule has 0 atom stereocenters. The monoisotopic (exact) mass is 319 g/mol. The number of phenolic OH excluding ortho intramolecular Hbond substituents is 1. The lowest BCUT2D eigenvalue weighted by molar-refractivity contribution is -0.120. The van der Waals surface area contributed by atoms with Crippen LogP contribution in [0.15, 0.2) is 47.8 Å². The van der Waals surface area contributed by atoms with Crippen molar-refractivity contribution in [2.45, 2.75) is 6.42 Å². The van der Waals surface area contributed by atoms with E-state index in [1.54, 1.807) is 6.33 Å². The Morgan fingerprint density at radius 3 is 3.08 bits per heavy atom. The second-order valence-electron chi connectivity index (χ2n) is 5.11. The van der Waals surface area contributed by atoms with Gasteiger partial charge < -0.3 is 10.1 Å². The minimum atomic E-state index is -0.291. The van der Waals surface area contributed by atoms with E-state index in [1.807, 2.05) is 24.3 Å². The van der Waals surface area contributed by atoms with Gasteiger partial charge in [0.2, 0.25) is 5.91 Å². The van der Waals surface area contributed by atoms with Crippen molar-refractivity contribution in [1.29, 1.82) is 5.26 Å². The van der Waals surface area contributed by atoms with Crippen LogP contribution < -0.4 is 5.43 Å². The van der Waals surface area contributed by atoms with Crippen molar-refractivity contribution in [3.05, 3.63) is 59.4 Å². The van der Waals surface area contributed by atoms with Gasteiger partial charge in [0.15, 0.2) is 0 Å². The first-order valence-electron chi connectivity index (χ1n) is 7.13. The Bertz CT molecular complexity index is 969. The van der Waals surface area contributed by atoms with Crippen molar-refractivity contribution < 1.29 is 9.90 Å². The van der Waals surface area contributed by atoms with Gasteiger partial charge in [0.1, 0.15) is 5.75 Å². The van der Waals surface area contributed by atoms with Gasteiger partial charge in [0, 0.05) is 5.56 Å². The number of H-pyrrole nitrogens is 1. The fourth-order valence-electron chi connectivity index (χ4n) is 2.22. The molecule has 0 aliphatic carbocycles. The lowest BCUT2D eigenvalue weighted by atomic mass is 10.1. The molecule has 3 rings (SSSR count). The summed E-state index contributed by atoms with van der Waals surface area (Å²) < 4.78 is 0. The summed E-state index contributed by atoms with van der Waals surface area (Å²) in [6.07, 6.45) is 3.06. The quantitative estimate of drug-likeness (QED) is 0.503. The number of imidazole rings is 1. The molecule has 7 heteroatoms. The number of nitriles is 1.